The van der Waals surface area contributed by atoms with E-state index < -0.39 is 5.97 Å². The van der Waals surface area contributed by atoms with Gasteiger partial charge in [-0.25, -0.2) is 9.18 Å². The molecule has 0 fully saturated rings. The zero-order valence-corrected chi connectivity index (χ0v) is 15.9. The predicted molar refractivity (Wildman–Crippen MR) is 103 cm³/mol. The van der Waals surface area contributed by atoms with Crippen molar-refractivity contribution in [3.63, 3.8) is 0 Å². The minimum Gasteiger partial charge on any atom is -0.497 e. The van der Waals surface area contributed by atoms with Crippen molar-refractivity contribution in [2.75, 3.05) is 20.3 Å². The van der Waals surface area contributed by atoms with Crippen LogP contribution in [-0.2, 0) is 25.5 Å². The Morgan fingerprint density at radius 3 is 2.46 bits per heavy atom. The first-order valence-corrected chi connectivity index (χ1v) is 8.75. The fourth-order valence-electron chi connectivity index (χ4n) is 2.68. The van der Waals surface area contributed by atoms with E-state index in [1.807, 2.05) is 0 Å². The third-order valence-electron chi connectivity index (χ3n) is 4.16. The SMILES string of the molecule is C=C(C)C(=O)OCC(COC=O)Cc1ccc(-c2ccc(OC)cc2)c(F)c1. The minimum atomic E-state index is -0.517. The maximum absolute atomic E-state index is 14.6. The van der Waals surface area contributed by atoms with E-state index >= 15 is 0 Å². The number of ether oxygens (including phenoxy) is 3. The summed E-state index contributed by atoms with van der Waals surface area (Å²) < 4.78 is 29.7. The second-order valence-corrected chi connectivity index (χ2v) is 6.42. The lowest BCUT2D eigenvalue weighted by molar-refractivity contribution is -0.141. The fraction of sp³-hybridized carbons (Fsp3) is 0.273. The van der Waals surface area contributed by atoms with E-state index in [1.165, 1.54) is 6.07 Å². The molecule has 2 aromatic carbocycles. The monoisotopic (exact) mass is 386 g/mol. The Balaban J connectivity index is 2.11. The van der Waals surface area contributed by atoms with Crippen LogP contribution in [0.25, 0.3) is 11.1 Å². The summed E-state index contributed by atoms with van der Waals surface area (Å²) in [5.41, 5.74) is 2.20. The van der Waals surface area contributed by atoms with Crippen LogP contribution in [0.3, 0.4) is 0 Å². The molecule has 0 amide bonds. The molecule has 0 spiro atoms. The summed E-state index contributed by atoms with van der Waals surface area (Å²) in [4.78, 5) is 22.1. The van der Waals surface area contributed by atoms with Gasteiger partial charge in [0.15, 0.2) is 0 Å². The summed E-state index contributed by atoms with van der Waals surface area (Å²) in [6.07, 6.45) is 0.386. The van der Waals surface area contributed by atoms with Crippen molar-refractivity contribution in [3.05, 3.63) is 66.0 Å². The molecule has 0 bridgehead atoms. The molecule has 6 heteroatoms. The standard InChI is InChI=1S/C22H23FO5/c1-15(2)22(25)28-13-17(12-27-14-24)10-16-4-9-20(21(23)11-16)18-5-7-19(26-3)8-6-18/h4-9,11,14,17H,1,10,12-13H2,2-3H3. The smallest absolute Gasteiger partial charge is 0.333 e. The van der Waals surface area contributed by atoms with Crippen molar-refractivity contribution in [3.8, 4) is 16.9 Å². The molecule has 0 aromatic heterocycles. The van der Waals surface area contributed by atoms with Gasteiger partial charge in [0.25, 0.3) is 6.47 Å². The molecule has 1 unspecified atom stereocenters. The average Bonchev–Trinajstić information content (AvgIpc) is 2.70. The Bertz CT molecular complexity index is 829. The molecule has 0 aliphatic heterocycles. The van der Waals surface area contributed by atoms with E-state index in [2.05, 4.69) is 6.58 Å². The first-order chi connectivity index (χ1) is 13.4. The van der Waals surface area contributed by atoms with E-state index in [0.717, 1.165) is 5.56 Å². The quantitative estimate of drug-likeness (QED) is 0.351. The van der Waals surface area contributed by atoms with Crippen molar-refractivity contribution >= 4 is 12.4 Å². The van der Waals surface area contributed by atoms with Crippen LogP contribution in [0, 0.1) is 11.7 Å². The Hall–Kier alpha value is -3.15. The molecule has 0 saturated carbocycles. The maximum atomic E-state index is 14.6. The zero-order chi connectivity index (χ0) is 20.5. The minimum absolute atomic E-state index is 0.0430. The summed E-state index contributed by atoms with van der Waals surface area (Å²) >= 11 is 0. The lowest BCUT2D eigenvalue weighted by atomic mass is 9.97. The maximum Gasteiger partial charge on any atom is 0.333 e. The summed E-state index contributed by atoms with van der Waals surface area (Å²) in [7, 11) is 1.57. The van der Waals surface area contributed by atoms with Crippen molar-refractivity contribution in [1.29, 1.82) is 0 Å². The van der Waals surface area contributed by atoms with Crippen LogP contribution < -0.4 is 4.74 Å². The van der Waals surface area contributed by atoms with Crippen LogP contribution in [0.2, 0.25) is 0 Å². The van der Waals surface area contributed by atoms with Crippen molar-refractivity contribution in [2.24, 2.45) is 5.92 Å². The molecule has 0 saturated heterocycles. The first kappa shape index (κ1) is 21.2. The summed E-state index contributed by atoms with van der Waals surface area (Å²) in [6, 6.07) is 12.1. The number of rotatable bonds is 10. The van der Waals surface area contributed by atoms with Crippen molar-refractivity contribution in [2.45, 2.75) is 13.3 Å². The summed E-state index contributed by atoms with van der Waals surface area (Å²) in [6.45, 7) is 5.51. The average molecular weight is 386 g/mol. The molecule has 5 nitrogen and oxygen atoms in total. The normalized spacial score (nSPS) is 11.4. The molecule has 148 valence electrons. The molecule has 0 aliphatic rings. The van der Waals surface area contributed by atoms with Gasteiger partial charge in [-0.05, 0) is 42.7 Å². The van der Waals surface area contributed by atoms with Gasteiger partial charge in [0.2, 0.25) is 0 Å². The fourth-order valence-corrected chi connectivity index (χ4v) is 2.68. The highest BCUT2D eigenvalue weighted by Gasteiger charge is 2.16. The van der Waals surface area contributed by atoms with Gasteiger partial charge in [-0.2, -0.15) is 0 Å². The largest absolute Gasteiger partial charge is 0.497 e. The van der Waals surface area contributed by atoms with E-state index in [-0.39, 0.29) is 30.5 Å². The number of methoxy groups -OCH3 is 1. The Labute approximate surface area is 163 Å². The van der Waals surface area contributed by atoms with Gasteiger partial charge in [-0.1, -0.05) is 30.8 Å². The van der Waals surface area contributed by atoms with Crippen LogP contribution >= 0.6 is 0 Å². The Kier molecular flexibility index (Phi) is 7.75. The van der Waals surface area contributed by atoms with Gasteiger partial charge in [-0.15, -0.1) is 0 Å². The second kappa shape index (κ2) is 10.3. The number of esters is 1. The molecular weight excluding hydrogens is 363 g/mol. The van der Waals surface area contributed by atoms with Crippen LogP contribution in [0.1, 0.15) is 12.5 Å². The molecule has 0 heterocycles. The van der Waals surface area contributed by atoms with Crippen molar-refractivity contribution < 1.29 is 28.2 Å². The third-order valence-corrected chi connectivity index (χ3v) is 4.16. The number of halogens is 1. The Morgan fingerprint density at radius 2 is 1.89 bits per heavy atom. The topological polar surface area (TPSA) is 61.8 Å². The highest BCUT2D eigenvalue weighted by atomic mass is 19.1. The lowest BCUT2D eigenvalue weighted by Gasteiger charge is -2.17. The van der Waals surface area contributed by atoms with Gasteiger partial charge in [0.1, 0.15) is 11.6 Å². The molecule has 0 N–H and O–H groups in total. The van der Waals surface area contributed by atoms with E-state index in [9.17, 15) is 14.0 Å². The van der Waals surface area contributed by atoms with Gasteiger partial charge >= 0.3 is 5.97 Å². The van der Waals surface area contributed by atoms with Gasteiger partial charge in [0.05, 0.1) is 20.3 Å². The molecule has 1 atom stereocenters. The van der Waals surface area contributed by atoms with Gasteiger partial charge < -0.3 is 14.2 Å². The molecule has 28 heavy (non-hydrogen) atoms. The van der Waals surface area contributed by atoms with E-state index in [1.54, 1.807) is 50.4 Å². The number of hydrogen-bond acceptors (Lipinski definition) is 5. The second-order valence-electron chi connectivity index (χ2n) is 6.42. The van der Waals surface area contributed by atoms with Crippen LogP contribution in [0.15, 0.2) is 54.6 Å². The predicted octanol–water partition coefficient (Wildman–Crippen LogP) is 3.95. The summed E-state index contributed by atoms with van der Waals surface area (Å²) in [5, 5.41) is 0. The van der Waals surface area contributed by atoms with Crippen LogP contribution in [-0.4, -0.2) is 32.8 Å². The first-order valence-electron chi connectivity index (χ1n) is 8.75. The lowest BCUT2D eigenvalue weighted by Crippen LogP contribution is -2.21. The number of hydrogen-bond donors (Lipinski definition) is 0. The van der Waals surface area contributed by atoms with E-state index in [0.29, 0.717) is 29.8 Å². The molecule has 0 aliphatic carbocycles. The van der Waals surface area contributed by atoms with Crippen molar-refractivity contribution in [1.82, 2.24) is 0 Å². The number of carbonyl (C=O) groups excluding carboxylic acids is 2. The van der Waals surface area contributed by atoms with Crippen LogP contribution in [0.5, 0.6) is 5.75 Å². The molecule has 2 rings (SSSR count). The molecular formula is C22H23FO5. The third kappa shape index (κ3) is 5.94. The molecule has 0 radical (unpaired) electrons. The van der Waals surface area contributed by atoms with Gasteiger partial charge in [-0.3, -0.25) is 4.79 Å². The zero-order valence-electron chi connectivity index (χ0n) is 15.9. The Morgan fingerprint density at radius 1 is 1.18 bits per heavy atom. The molecule has 2 aromatic rings. The van der Waals surface area contributed by atoms with Gasteiger partial charge in [0, 0.05) is 17.1 Å². The number of carbonyl (C=O) groups is 2. The van der Waals surface area contributed by atoms with Crippen LogP contribution in [0.4, 0.5) is 4.39 Å². The summed E-state index contributed by atoms with van der Waals surface area (Å²) in [5.74, 6) is -0.475. The highest BCUT2D eigenvalue weighted by molar-refractivity contribution is 5.86. The number of benzene rings is 2. The highest BCUT2D eigenvalue weighted by Crippen LogP contribution is 2.26. The van der Waals surface area contributed by atoms with E-state index in [4.69, 9.17) is 14.2 Å².